The van der Waals surface area contributed by atoms with Crippen LogP contribution < -0.4 is 11.1 Å². The molecular weight excluding hydrogens is 457 g/mol. The molecule has 0 aliphatic carbocycles. The predicted molar refractivity (Wildman–Crippen MR) is 109 cm³/mol. The second kappa shape index (κ2) is 10.5. The summed E-state index contributed by atoms with van der Waals surface area (Å²) in [7, 11) is -3.07. The van der Waals surface area contributed by atoms with Gasteiger partial charge in [0.05, 0.1) is 12.3 Å². The Balaban J connectivity index is 0.00000312. The molecule has 0 radical (unpaired) electrons. The van der Waals surface area contributed by atoms with Gasteiger partial charge in [0.25, 0.3) is 0 Å². The SMILES string of the molecule is CCNC(=NCCN1CCCS1(=O)=O)N1CCCC(CC(N)=O)C1.I. The molecule has 2 rings (SSSR count). The summed E-state index contributed by atoms with van der Waals surface area (Å²) in [6, 6.07) is 0. The first-order chi connectivity index (χ1) is 11.4. The normalized spacial score (nSPS) is 24.0. The largest absolute Gasteiger partial charge is 0.370 e. The molecule has 1 unspecified atom stereocenters. The number of hydrogen-bond donors (Lipinski definition) is 2. The van der Waals surface area contributed by atoms with Crippen molar-refractivity contribution in [2.45, 2.75) is 32.6 Å². The van der Waals surface area contributed by atoms with Crippen molar-refractivity contribution in [3.63, 3.8) is 0 Å². The van der Waals surface area contributed by atoms with Gasteiger partial charge in [0.15, 0.2) is 5.96 Å². The third kappa shape index (κ3) is 6.89. The maximum Gasteiger partial charge on any atom is 0.217 e. The molecule has 10 heteroatoms. The van der Waals surface area contributed by atoms with Crippen molar-refractivity contribution in [1.82, 2.24) is 14.5 Å². The van der Waals surface area contributed by atoms with Crippen LogP contribution in [0.5, 0.6) is 0 Å². The van der Waals surface area contributed by atoms with Crippen molar-refractivity contribution in [2.24, 2.45) is 16.6 Å². The Hall–Kier alpha value is -0.620. The van der Waals surface area contributed by atoms with E-state index in [1.54, 1.807) is 0 Å². The first-order valence-electron chi connectivity index (χ1n) is 8.71. The van der Waals surface area contributed by atoms with Crippen molar-refractivity contribution >= 4 is 45.9 Å². The van der Waals surface area contributed by atoms with E-state index < -0.39 is 10.0 Å². The summed E-state index contributed by atoms with van der Waals surface area (Å²) in [6.45, 7) is 5.87. The monoisotopic (exact) mass is 487 g/mol. The molecule has 0 spiro atoms. The number of aliphatic imine (C=N–C) groups is 1. The van der Waals surface area contributed by atoms with Gasteiger partial charge in [0, 0.05) is 39.1 Å². The molecule has 2 fully saturated rings. The molecule has 1 amide bonds. The molecule has 0 aromatic rings. The molecule has 2 heterocycles. The van der Waals surface area contributed by atoms with Gasteiger partial charge in [-0.05, 0) is 32.1 Å². The molecule has 0 aromatic carbocycles. The molecule has 1 atom stereocenters. The fourth-order valence-electron chi connectivity index (χ4n) is 3.34. The Labute approximate surface area is 167 Å². The van der Waals surface area contributed by atoms with Crippen molar-refractivity contribution in [2.75, 3.05) is 45.0 Å². The summed E-state index contributed by atoms with van der Waals surface area (Å²) < 4.78 is 25.2. The number of carbonyl (C=O) groups is 1. The average molecular weight is 487 g/mol. The van der Waals surface area contributed by atoms with Crippen LogP contribution in [0.2, 0.25) is 0 Å². The van der Waals surface area contributed by atoms with Crippen LogP contribution in [-0.4, -0.2) is 74.5 Å². The highest BCUT2D eigenvalue weighted by atomic mass is 127. The van der Waals surface area contributed by atoms with Gasteiger partial charge >= 0.3 is 0 Å². The highest BCUT2D eigenvalue weighted by Crippen LogP contribution is 2.19. The summed E-state index contributed by atoms with van der Waals surface area (Å²) in [5.41, 5.74) is 5.31. The van der Waals surface area contributed by atoms with Gasteiger partial charge in [-0.15, -0.1) is 24.0 Å². The van der Waals surface area contributed by atoms with Gasteiger partial charge in [0.1, 0.15) is 0 Å². The minimum atomic E-state index is -3.07. The maximum absolute atomic E-state index is 11.8. The second-order valence-electron chi connectivity index (χ2n) is 6.43. The van der Waals surface area contributed by atoms with Crippen molar-refractivity contribution < 1.29 is 13.2 Å². The first-order valence-corrected chi connectivity index (χ1v) is 10.3. The summed E-state index contributed by atoms with van der Waals surface area (Å²) in [5.74, 6) is 1.04. The van der Waals surface area contributed by atoms with E-state index in [4.69, 9.17) is 5.73 Å². The third-order valence-electron chi connectivity index (χ3n) is 4.46. The molecule has 8 nitrogen and oxygen atoms in total. The van der Waals surface area contributed by atoms with E-state index >= 15 is 0 Å². The van der Waals surface area contributed by atoms with E-state index in [1.165, 1.54) is 4.31 Å². The van der Waals surface area contributed by atoms with E-state index in [1.807, 2.05) is 6.92 Å². The zero-order valence-electron chi connectivity index (χ0n) is 14.8. The van der Waals surface area contributed by atoms with Crippen molar-refractivity contribution in [3.8, 4) is 0 Å². The Morgan fingerprint density at radius 2 is 2.08 bits per heavy atom. The van der Waals surface area contributed by atoms with Crippen molar-refractivity contribution in [1.29, 1.82) is 0 Å². The Morgan fingerprint density at radius 1 is 1.32 bits per heavy atom. The molecule has 0 bridgehead atoms. The molecule has 3 N–H and O–H groups in total. The number of carbonyl (C=O) groups excluding carboxylic acids is 1. The molecule has 2 aliphatic rings. The van der Waals surface area contributed by atoms with Gasteiger partial charge < -0.3 is 16.0 Å². The maximum atomic E-state index is 11.8. The molecule has 25 heavy (non-hydrogen) atoms. The lowest BCUT2D eigenvalue weighted by atomic mass is 9.95. The third-order valence-corrected chi connectivity index (χ3v) is 6.41. The van der Waals surface area contributed by atoms with E-state index in [-0.39, 0.29) is 41.6 Å². The number of amides is 1. The van der Waals surface area contributed by atoms with Crippen LogP contribution in [0.1, 0.15) is 32.6 Å². The summed E-state index contributed by atoms with van der Waals surface area (Å²) in [5, 5.41) is 3.26. The number of guanidine groups is 1. The minimum absolute atomic E-state index is 0. The molecule has 2 saturated heterocycles. The van der Waals surface area contributed by atoms with E-state index in [2.05, 4.69) is 15.2 Å². The first kappa shape index (κ1) is 22.4. The van der Waals surface area contributed by atoms with Crippen LogP contribution >= 0.6 is 24.0 Å². The fraction of sp³-hybridized carbons (Fsp3) is 0.867. The number of hydrogen-bond acceptors (Lipinski definition) is 4. The number of nitrogens with one attached hydrogen (secondary N) is 1. The molecule has 146 valence electrons. The lowest BCUT2D eigenvalue weighted by Crippen LogP contribution is -2.47. The summed E-state index contributed by atoms with van der Waals surface area (Å²) >= 11 is 0. The average Bonchev–Trinajstić information content (AvgIpc) is 2.85. The summed E-state index contributed by atoms with van der Waals surface area (Å²) in [4.78, 5) is 17.9. The van der Waals surface area contributed by atoms with E-state index in [0.29, 0.717) is 32.5 Å². The highest BCUT2D eigenvalue weighted by Gasteiger charge is 2.28. The van der Waals surface area contributed by atoms with E-state index in [9.17, 15) is 13.2 Å². The standard InChI is InChI=1S/C15H29N5O3S.HI/c1-2-17-15(18-6-9-20-8-4-10-24(20,22)23)19-7-3-5-13(12-19)11-14(16)21;/h13H,2-12H2,1H3,(H2,16,21)(H,17,18);1H. The lowest BCUT2D eigenvalue weighted by molar-refractivity contribution is -0.119. The minimum Gasteiger partial charge on any atom is -0.370 e. The quantitative estimate of drug-likeness (QED) is 0.316. The lowest BCUT2D eigenvalue weighted by Gasteiger charge is -2.34. The van der Waals surface area contributed by atoms with E-state index in [0.717, 1.165) is 38.4 Å². The molecule has 0 saturated carbocycles. The number of sulfonamides is 1. The Bertz CT molecular complexity index is 570. The highest BCUT2D eigenvalue weighted by molar-refractivity contribution is 14.0. The molecular formula is C15H30IN5O3S. The zero-order chi connectivity index (χ0) is 17.6. The second-order valence-corrected chi connectivity index (χ2v) is 8.52. The smallest absolute Gasteiger partial charge is 0.217 e. The van der Waals surface area contributed by atoms with Crippen LogP contribution in [0.25, 0.3) is 0 Å². The Kier molecular flexibility index (Phi) is 9.43. The number of nitrogens with two attached hydrogens (primary N) is 1. The van der Waals surface area contributed by atoms with Gasteiger partial charge in [-0.25, -0.2) is 12.7 Å². The van der Waals surface area contributed by atoms with Gasteiger partial charge in [-0.1, -0.05) is 0 Å². The number of piperidine rings is 1. The van der Waals surface area contributed by atoms with Gasteiger partial charge in [-0.3, -0.25) is 9.79 Å². The molecule has 2 aliphatic heterocycles. The van der Waals surface area contributed by atoms with Crippen LogP contribution in [0.3, 0.4) is 0 Å². The topological polar surface area (TPSA) is 108 Å². The number of rotatable bonds is 6. The van der Waals surface area contributed by atoms with Crippen LogP contribution in [0.4, 0.5) is 0 Å². The number of primary amides is 1. The van der Waals surface area contributed by atoms with Crippen LogP contribution in [-0.2, 0) is 14.8 Å². The van der Waals surface area contributed by atoms with Crippen LogP contribution in [0.15, 0.2) is 4.99 Å². The predicted octanol–water partition coefficient (Wildman–Crippen LogP) is 0.193. The fourth-order valence-corrected chi connectivity index (χ4v) is 4.86. The van der Waals surface area contributed by atoms with Crippen LogP contribution in [0, 0.1) is 5.92 Å². The number of likely N-dealkylation sites (tertiary alicyclic amines) is 1. The number of nitrogens with zero attached hydrogens (tertiary/aromatic N) is 3. The van der Waals surface area contributed by atoms with Crippen molar-refractivity contribution in [3.05, 3.63) is 0 Å². The summed E-state index contributed by atoms with van der Waals surface area (Å²) in [6.07, 6.45) is 3.11. The molecule has 0 aromatic heterocycles. The zero-order valence-corrected chi connectivity index (χ0v) is 18.0. The number of halogens is 1. The van der Waals surface area contributed by atoms with Gasteiger partial charge in [0.2, 0.25) is 15.9 Å². The van der Waals surface area contributed by atoms with Gasteiger partial charge in [-0.2, -0.15) is 0 Å². The Morgan fingerprint density at radius 3 is 2.68 bits per heavy atom.